The van der Waals surface area contributed by atoms with Gasteiger partial charge in [0.25, 0.3) is 0 Å². The normalized spacial score (nSPS) is 12.8. The van der Waals surface area contributed by atoms with Gasteiger partial charge in [0.2, 0.25) is 11.8 Å². The minimum Gasteiger partial charge on any atom is -0.370 e. The minimum atomic E-state index is -1.45. The van der Waals surface area contributed by atoms with Crippen molar-refractivity contribution in [2.45, 2.75) is 25.2 Å². The highest BCUT2D eigenvalue weighted by atomic mass is 16.5. The molecule has 0 spiro atoms. The van der Waals surface area contributed by atoms with E-state index in [4.69, 9.17) is 21.7 Å². The van der Waals surface area contributed by atoms with E-state index in [1.54, 1.807) is 0 Å². The van der Waals surface area contributed by atoms with Crippen LogP contribution in [0.4, 0.5) is 0 Å². The van der Waals surface area contributed by atoms with Crippen molar-refractivity contribution in [2.75, 3.05) is 6.54 Å². The van der Waals surface area contributed by atoms with Gasteiger partial charge in [0.05, 0.1) is 12.5 Å². The number of amides is 2. The lowest BCUT2D eigenvalue weighted by molar-refractivity contribution is -0.125. The van der Waals surface area contributed by atoms with Gasteiger partial charge in [-0.15, -0.1) is 0 Å². The molecular weight excluding hydrogens is 190 g/mol. The first kappa shape index (κ1) is 12.8. The summed E-state index contributed by atoms with van der Waals surface area (Å²) in [6.45, 7) is 0.165. The third-order valence-corrected chi connectivity index (χ3v) is 1.54. The lowest BCUT2D eigenvalue weighted by Gasteiger charge is -2.13. The van der Waals surface area contributed by atoms with Crippen LogP contribution in [0.2, 0.25) is 0 Å². The molecule has 0 rings (SSSR count). The maximum absolute atomic E-state index is 10.7. The summed E-state index contributed by atoms with van der Waals surface area (Å²) < 4.78 is 0. The lowest BCUT2D eigenvalue weighted by atomic mass is 10.2. The van der Waals surface area contributed by atoms with E-state index >= 15 is 0 Å². The van der Waals surface area contributed by atoms with Crippen molar-refractivity contribution in [3.05, 3.63) is 0 Å². The molecule has 0 aromatic carbocycles. The predicted octanol–water partition coefficient (Wildman–Crippen LogP) is -2.99. The minimum absolute atomic E-state index is 0.0442. The molecule has 0 aliphatic carbocycles. The van der Waals surface area contributed by atoms with Gasteiger partial charge >= 0.3 is 0 Å². The van der Waals surface area contributed by atoms with Crippen LogP contribution in [0.5, 0.6) is 0 Å². The van der Waals surface area contributed by atoms with Gasteiger partial charge in [0.1, 0.15) is 0 Å². The fraction of sp³-hybridized carbons (Fsp3) is 0.714. The molecule has 0 saturated heterocycles. The lowest BCUT2D eigenvalue weighted by Crippen LogP contribution is -2.44. The van der Waals surface area contributed by atoms with E-state index in [2.05, 4.69) is 5.32 Å². The standard InChI is InChI=1S/C7H15N3O4/c8-5(11)3-4(7(9)14)10-2-1-6(12)13/h4,6,10,12-13H,1-3H2,(H2,8,11)(H2,9,14)/t4-/m0/s1. The van der Waals surface area contributed by atoms with Crippen LogP contribution in [0.15, 0.2) is 0 Å². The summed E-state index contributed by atoms with van der Waals surface area (Å²) in [5, 5.41) is 19.6. The molecule has 0 radical (unpaired) electrons. The monoisotopic (exact) mass is 205 g/mol. The van der Waals surface area contributed by atoms with E-state index in [-0.39, 0.29) is 19.4 Å². The Labute approximate surface area is 81.1 Å². The summed E-state index contributed by atoms with van der Waals surface area (Å²) in [4.78, 5) is 21.2. The van der Waals surface area contributed by atoms with Gasteiger partial charge in [-0.1, -0.05) is 0 Å². The fourth-order valence-corrected chi connectivity index (χ4v) is 0.861. The first-order valence-electron chi connectivity index (χ1n) is 4.10. The topological polar surface area (TPSA) is 139 Å². The molecule has 14 heavy (non-hydrogen) atoms. The Morgan fingerprint density at radius 3 is 2.21 bits per heavy atom. The zero-order chi connectivity index (χ0) is 11.1. The number of nitrogens with two attached hydrogens (primary N) is 2. The average Bonchev–Trinajstić information content (AvgIpc) is 2.00. The molecule has 0 aliphatic rings. The summed E-state index contributed by atoms with van der Waals surface area (Å²) in [6.07, 6.45) is -1.61. The van der Waals surface area contributed by atoms with Crippen LogP contribution in [0.3, 0.4) is 0 Å². The van der Waals surface area contributed by atoms with Crippen LogP contribution in [0.25, 0.3) is 0 Å². The molecule has 0 aromatic heterocycles. The second-order valence-electron chi connectivity index (χ2n) is 2.85. The number of carbonyl (C=O) groups excluding carboxylic acids is 2. The number of primary amides is 2. The third-order valence-electron chi connectivity index (χ3n) is 1.54. The first-order chi connectivity index (χ1) is 6.43. The second kappa shape index (κ2) is 6.30. The number of hydrogen-bond donors (Lipinski definition) is 5. The number of carbonyl (C=O) groups is 2. The maximum atomic E-state index is 10.7. The van der Waals surface area contributed by atoms with Gasteiger partial charge < -0.3 is 27.0 Å². The van der Waals surface area contributed by atoms with E-state index in [1.165, 1.54) is 0 Å². The number of aliphatic hydroxyl groups excluding tert-OH is 1. The Hall–Kier alpha value is -1.18. The zero-order valence-electron chi connectivity index (χ0n) is 7.64. The largest absolute Gasteiger partial charge is 0.370 e. The molecule has 0 heterocycles. The van der Waals surface area contributed by atoms with E-state index in [0.717, 1.165) is 0 Å². The molecule has 7 heteroatoms. The molecular formula is C7H15N3O4. The number of nitrogens with one attached hydrogen (secondary N) is 1. The highest BCUT2D eigenvalue weighted by Gasteiger charge is 2.16. The molecule has 82 valence electrons. The van der Waals surface area contributed by atoms with Crippen LogP contribution >= 0.6 is 0 Å². The van der Waals surface area contributed by atoms with Gasteiger partial charge in [-0.3, -0.25) is 9.59 Å². The van der Waals surface area contributed by atoms with Crippen molar-refractivity contribution in [2.24, 2.45) is 11.5 Å². The number of rotatable bonds is 7. The first-order valence-corrected chi connectivity index (χ1v) is 4.10. The van der Waals surface area contributed by atoms with Crippen molar-refractivity contribution in [1.82, 2.24) is 5.32 Å². The van der Waals surface area contributed by atoms with Crippen LogP contribution in [0, 0.1) is 0 Å². The fourth-order valence-electron chi connectivity index (χ4n) is 0.861. The molecule has 0 aromatic rings. The molecule has 0 fully saturated rings. The van der Waals surface area contributed by atoms with Crippen LogP contribution < -0.4 is 16.8 Å². The van der Waals surface area contributed by atoms with E-state index < -0.39 is 24.1 Å². The quantitative estimate of drug-likeness (QED) is 0.282. The average molecular weight is 205 g/mol. The highest BCUT2D eigenvalue weighted by Crippen LogP contribution is 1.91. The third kappa shape index (κ3) is 6.35. The number of hydrogen-bond acceptors (Lipinski definition) is 5. The molecule has 1 atom stereocenters. The Balaban J connectivity index is 3.86. The summed E-state index contributed by atoms with van der Waals surface area (Å²) in [5.74, 6) is -1.35. The van der Waals surface area contributed by atoms with Gasteiger partial charge in [-0.25, -0.2) is 0 Å². The molecule has 0 saturated carbocycles. The van der Waals surface area contributed by atoms with Gasteiger partial charge in [0.15, 0.2) is 6.29 Å². The Morgan fingerprint density at radius 1 is 1.29 bits per heavy atom. The zero-order valence-corrected chi connectivity index (χ0v) is 7.64. The van der Waals surface area contributed by atoms with Crippen molar-refractivity contribution in [3.8, 4) is 0 Å². The molecule has 7 N–H and O–H groups in total. The molecule has 0 aliphatic heterocycles. The predicted molar refractivity (Wildman–Crippen MR) is 47.6 cm³/mol. The molecule has 7 nitrogen and oxygen atoms in total. The van der Waals surface area contributed by atoms with Crippen molar-refractivity contribution in [1.29, 1.82) is 0 Å². The van der Waals surface area contributed by atoms with Gasteiger partial charge in [0, 0.05) is 13.0 Å². The second-order valence-corrected chi connectivity index (χ2v) is 2.85. The Morgan fingerprint density at radius 2 is 1.86 bits per heavy atom. The van der Waals surface area contributed by atoms with E-state index in [9.17, 15) is 9.59 Å². The smallest absolute Gasteiger partial charge is 0.235 e. The Bertz CT molecular complexity index is 207. The molecule has 0 bridgehead atoms. The SMILES string of the molecule is NC(=O)C[C@H](NCCC(O)O)C(N)=O. The van der Waals surface area contributed by atoms with Crippen LogP contribution in [-0.2, 0) is 9.59 Å². The van der Waals surface area contributed by atoms with Crippen molar-refractivity contribution >= 4 is 11.8 Å². The van der Waals surface area contributed by atoms with Crippen molar-refractivity contribution < 1.29 is 19.8 Å². The number of aliphatic hydroxyl groups is 2. The molecule has 2 amide bonds. The van der Waals surface area contributed by atoms with Crippen LogP contribution in [0.1, 0.15) is 12.8 Å². The van der Waals surface area contributed by atoms with E-state index in [0.29, 0.717) is 0 Å². The van der Waals surface area contributed by atoms with Gasteiger partial charge in [-0.2, -0.15) is 0 Å². The highest BCUT2D eigenvalue weighted by molar-refractivity contribution is 5.86. The van der Waals surface area contributed by atoms with Crippen molar-refractivity contribution in [3.63, 3.8) is 0 Å². The summed E-state index contributed by atoms with van der Waals surface area (Å²) in [6, 6.07) is -0.855. The summed E-state index contributed by atoms with van der Waals surface area (Å²) in [7, 11) is 0. The Kier molecular flexibility index (Phi) is 5.77. The maximum Gasteiger partial charge on any atom is 0.235 e. The van der Waals surface area contributed by atoms with E-state index in [1.807, 2.05) is 0 Å². The summed E-state index contributed by atoms with van der Waals surface area (Å²) >= 11 is 0. The van der Waals surface area contributed by atoms with Gasteiger partial charge in [-0.05, 0) is 0 Å². The molecule has 0 unspecified atom stereocenters. The van der Waals surface area contributed by atoms with Crippen LogP contribution in [-0.4, -0.2) is 40.9 Å². The summed E-state index contributed by atoms with van der Waals surface area (Å²) in [5.41, 5.74) is 9.84.